The number of rotatable bonds is 9. The number of hydrogen-bond acceptors (Lipinski definition) is 5. The van der Waals surface area contributed by atoms with Crippen LogP contribution in [0.4, 0.5) is 0 Å². The second-order valence-corrected chi connectivity index (χ2v) is 7.44. The summed E-state index contributed by atoms with van der Waals surface area (Å²) in [5, 5.41) is 13.8. The van der Waals surface area contributed by atoms with Gasteiger partial charge in [-0.3, -0.25) is 19.2 Å². The quantitative estimate of drug-likeness (QED) is 0.430. The van der Waals surface area contributed by atoms with Gasteiger partial charge in [0, 0.05) is 6.54 Å². The Bertz CT molecular complexity index is 566. The standard InChI is InChI=1S/C18H32N4O5/c1-5-11(4)14(19)17(26)21-15(10(2)3)18(27)22-8-6-7-12(22)16(25)20-9-13(23)24/h10-12,14-15H,5-9,19H2,1-4H3,(H,20,25)(H,21,26)(H,23,24). The largest absolute Gasteiger partial charge is 0.480 e. The molecule has 1 aliphatic rings. The summed E-state index contributed by atoms with van der Waals surface area (Å²) in [6, 6.07) is -2.23. The Labute approximate surface area is 160 Å². The molecular weight excluding hydrogens is 352 g/mol. The number of nitrogens with one attached hydrogen (secondary N) is 2. The van der Waals surface area contributed by atoms with E-state index in [4.69, 9.17) is 10.8 Å². The van der Waals surface area contributed by atoms with Gasteiger partial charge in [-0.25, -0.2) is 0 Å². The molecule has 3 amide bonds. The molecule has 1 rings (SSSR count). The average Bonchev–Trinajstić information content (AvgIpc) is 3.11. The van der Waals surface area contributed by atoms with Crippen LogP contribution >= 0.6 is 0 Å². The lowest BCUT2D eigenvalue weighted by atomic mass is 9.97. The fourth-order valence-corrected chi connectivity index (χ4v) is 3.04. The fourth-order valence-electron chi connectivity index (χ4n) is 3.04. The first-order valence-corrected chi connectivity index (χ1v) is 9.46. The van der Waals surface area contributed by atoms with Crippen molar-refractivity contribution in [1.29, 1.82) is 0 Å². The third-order valence-electron chi connectivity index (χ3n) is 5.04. The van der Waals surface area contributed by atoms with Crippen LogP contribution in [0.5, 0.6) is 0 Å². The summed E-state index contributed by atoms with van der Waals surface area (Å²) in [5.41, 5.74) is 5.96. The van der Waals surface area contributed by atoms with Crippen molar-refractivity contribution in [3.63, 3.8) is 0 Å². The van der Waals surface area contributed by atoms with Gasteiger partial charge < -0.3 is 26.4 Å². The van der Waals surface area contributed by atoms with Gasteiger partial charge in [-0.1, -0.05) is 34.1 Å². The predicted molar refractivity (Wildman–Crippen MR) is 99.6 cm³/mol. The van der Waals surface area contributed by atoms with Crippen molar-refractivity contribution in [3.05, 3.63) is 0 Å². The van der Waals surface area contributed by atoms with E-state index in [2.05, 4.69) is 10.6 Å². The second-order valence-electron chi connectivity index (χ2n) is 7.44. The molecule has 4 unspecified atom stereocenters. The van der Waals surface area contributed by atoms with E-state index in [9.17, 15) is 19.2 Å². The maximum Gasteiger partial charge on any atom is 0.322 e. The van der Waals surface area contributed by atoms with Crippen molar-refractivity contribution in [3.8, 4) is 0 Å². The van der Waals surface area contributed by atoms with Crippen molar-refractivity contribution < 1.29 is 24.3 Å². The van der Waals surface area contributed by atoms with Crippen LogP contribution in [0.1, 0.15) is 47.0 Å². The molecule has 1 aliphatic heterocycles. The molecule has 9 nitrogen and oxygen atoms in total. The molecule has 4 atom stereocenters. The number of hydrogen-bond donors (Lipinski definition) is 4. The van der Waals surface area contributed by atoms with E-state index in [1.54, 1.807) is 0 Å². The summed E-state index contributed by atoms with van der Waals surface area (Å²) in [5.74, 6) is -2.58. The number of carbonyl (C=O) groups is 4. The molecule has 5 N–H and O–H groups in total. The van der Waals surface area contributed by atoms with Crippen LogP contribution in [-0.4, -0.2) is 64.9 Å². The zero-order chi connectivity index (χ0) is 20.7. The molecule has 0 radical (unpaired) electrons. The first-order chi connectivity index (χ1) is 12.6. The number of aliphatic carboxylic acids is 1. The monoisotopic (exact) mass is 384 g/mol. The lowest BCUT2D eigenvalue weighted by Crippen LogP contribution is -2.58. The van der Waals surface area contributed by atoms with Crippen LogP contribution in [0.15, 0.2) is 0 Å². The van der Waals surface area contributed by atoms with E-state index in [0.29, 0.717) is 19.4 Å². The lowest BCUT2D eigenvalue weighted by molar-refractivity contribution is -0.143. The number of amides is 3. The maximum absolute atomic E-state index is 13.0. The van der Waals surface area contributed by atoms with Gasteiger partial charge in [0.15, 0.2) is 0 Å². The summed E-state index contributed by atoms with van der Waals surface area (Å²) >= 11 is 0. The van der Waals surface area contributed by atoms with Gasteiger partial charge in [0.1, 0.15) is 18.6 Å². The molecule has 154 valence electrons. The minimum absolute atomic E-state index is 0.0192. The minimum atomic E-state index is -1.15. The highest BCUT2D eigenvalue weighted by Gasteiger charge is 2.39. The van der Waals surface area contributed by atoms with Crippen molar-refractivity contribution in [2.45, 2.75) is 65.1 Å². The zero-order valence-corrected chi connectivity index (χ0v) is 16.5. The Morgan fingerprint density at radius 2 is 1.85 bits per heavy atom. The molecule has 27 heavy (non-hydrogen) atoms. The topological polar surface area (TPSA) is 142 Å². The molecule has 0 aromatic rings. The molecule has 0 aromatic heterocycles. The van der Waals surface area contributed by atoms with E-state index in [1.165, 1.54) is 4.90 Å². The summed E-state index contributed by atoms with van der Waals surface area (Å²) in [4.78, 5) is 49.7. The number of nitrogens with zero attached hydrogens (tertiary/aromatic N) is 1. The van der Waals surface area contributed by atoms with E-state index < -0.39 is 36.5 Å². The normalized spacial score (nSPS) is 20.1. The Morgan fingerprint density at radius 3 is 2.37 bits per heavy atom. The number of carboxylic acids is 1. The SMILES string of the molecule is CCC(C)C(N)C(=O)NC(C(=O)N1CCCC1C(=O)NCC(=O)O)C(C)C. The van der Waals surface area contributed by atoms with Gasteiger partial charge >= 0.3 is 5.97 Å². The van der Waals surface area contributed by atoms with E-state index in [0.717, 1.165) is 6.42 Å². The molecule has 1 fully saturated rings. The summed E-state index contributed by atoms with van der Waals surface area (Å²) in [6.45, 7) is 7.33. The van der Waals surface area contributed by atoms with E-state index >= 15 is 0 Å². The van der Waals surface area contributed by atoms with Gasteiger partial charge in [-0.15, -0.1) is 0 Å². The molecular formula is C18H32N4O5. The van der Waals surface area contributed by atoms with Crippen LogP contribution in [0.3, 0.4) is 0 Å². The molecule has 0 aliphatic carbocycles. The van der Waals surface area contributed by atoms with Crippen LogP contribution in [0.25, 0.3) is 0 Å². The molecule has 0 spiro atoms. The summed E-state index contributed by atoms with van der Waals surface area (Å²) in [6.07, 6.45) is 1.84. The van der Waals surface area contributed by atoms with E-state index in [-0.39, 0.29) is 23.7 Å². The highest BCUT2D eigenvalue weighted by molar-refractivity contribution is 5.94. The number of likely N-dealkylation sites (tertiary alicyclic amines) is 1. The van der Waals surface area contributed by atoms with Gasteiger partial charge in [0.05, 0.1) is 6.04 Å². The molecule has 1 heterocycles. The Morgan fingerprint density at radius 1 is 1.22 bits per heavy atom. The summed E-state index contributed by atoms with van der Waals surface area (Å²) in [7, 11) is 0. The molecule has 0 bridgehead atoms. The smallest absolute Gasteiger partial charge is 0.322 e. The van der Waals surface area contributed by atoms with Crippen LogP contribution < -0.4 is 16.4 Å². The first-order valence-electron chi connectivity index (χ1n) is 9.46. The molecule has 1 saturated heterocycles. The molecule has 0 saturated carbocycles. The average molecular weight is 384 g/mol. The Kier molecular flexibility index (Phi) is 8.68. The Balaban J connectivity index is 2.85. The van der Waals surface area contributed by atoms with Crippen molar-refractivity contribution in [2.24, 2.45) is 17.6 Å². The predicted octanol–water partition coefficient (Wildman–Crippen LogP) is -0.308. The Hall–Kier alpha value is -2.16. The number of carbonyl (C=O) groups excluding carboxylic acids is 3. The highest BCUT2D eigenvalue weighted by atomic mass is 16.4. The van der Waals surface area contributed by atoms with Crippen molar-refractivity contribution >= 4 is 23.7 Å². The highest BCUT2D eigenvalue weighted by Crippen LogP contribution is 2.20. The van der Waals surface area contributed by atoms with Gasteiger partial charge in [0.25, 0.3) is 0 Å². The number of nitrogens with two attached hydrogens (primary N) is 1. The zero-order valence-electron chi connectivity index (χ0n) is 16.5. The van der Waals surface area contributed by atoms with Crippen LogP contribution in [0, 0.1) is 11.8 Å². The third kappa shape index (κ3) is 6.20. The maximum atomic E-state index is 13.0. The van der Waals surface area contributed by atoms with Crippen LogP contribution in [0.2, 0.25) is 0 Å². The first kappa shape index (κ1) is 22.9. The molecule has 9 heteroatoms. The van der Waals surface area contributed by atoms with E-state index in [1.807, 2.05) is 27.7 Å². The van der Waals surface area contributed by atoms with Gasteiger partial charge in [-0.05, 0) is 24.7 Å². The van der Waals surface area contributed by atoms with Crippen molar-refractivity contribution in [1.82, 2.24) is 15.5 Å². The number of carboxylic acid groups (broad SMARTS) is 1. The van der Waals surface area contributed by atoms with Gasteiger partial charge in [0.2, 0.25) is 17.7 Å². The lowest BCUT2D eigenvalue weighted by Gasteiger charge is -2.31. The third-order valence-corrected chi connectivity index (χ3v) is 5.04. The van der Waals surface area contributed by atoms with Crippen molar-refractivity contribution in [2.75, 3.05) is 13.1 Å². The van der Waals surface area contributed by atoms with Crippen LogP contribution in [-0.2, 0) is 19.2 Å². The minimum Gasteiger partial charge on any atom is -0.480 e. The van der Waals surface area contributed by atoms with Gasteiger partial charge in [-0.2, -0.15) is 0 Å². The second kappa shape index (κ2) is 10.2. The fraction of sp³-hybridized carbons (Fsp3) is 0.778. The molecule has 0 aromatic carbocycles. The summed E-state index contributed by atoms with van der Waals surface area (Å²) < 4.78 is 0.